The van der Waals surface area contributed by atoms with Crippen LogP contribution in [0.25, 0.3) is 0 Å². The molecule has 0 aromatic heterocycles. The molecule has 0 unspecified atom stereocenters. The van der Waals surface area contributed by atoms with Crippen LogP contribution >= 0.6 is 15.9 Å². The van der Waals surface area contributed by atoms with Gasteiger partial charge >= 0.3 is 0 Å². The van der Waals surface area contributed by atoms with E-state index >= 15 is 0 Å². The van der Waals surface area contributed by atoms with E-state index in [2.05, 4.69) is 15.9 Å². The van der Waals surface area contributed by atoms with Crippen LogP contribution in [0.1, 0.15) is 12.5 Å². The van der Waals surface area contributed by atoms with Crippen LogP contribution in [-0.4, -0.2) is 13.7 Å². The first-order valence-corrected chi connectivity index (χ1v) is 7.21. The van der Waals surface area contributed by atoms with Crippen molar-refractivity contribution in [3.05, 3.63) is 52.5 Å². The minimum absolute atomic E-state index is 0.479. The van der Waals surface area contributed by atoms with E-state index in [0.717, 1.165) is 27.3 Å². The molecule has 2 aromatic rings. The van der Waals surface area contributed by atoms with Gasteiger partial charge in [0.1, 0.15) is 12.4 Å². The summed E-state index contributed by atoms with van der Waals surface area (Å²) in [7, 11) is 1.65. The number of para-hydroxylation sites is 2. The Morgan fingerprint density at radius 2 is 1.65 bits per heavy atom. The fourth-order valence-electron chi connectivity index (χ4n) is 1.80. The van der Waals surface area contributed by atoms with Gasteiger partial charge in [-0.05, 0) is 52.7 Å². The van der Waals surface area contributed by atoms with Crippen molar-refractivity contribution in [2.45, 2.75) is 13.5 Å². The zero-order valence-corrected chi connectivity index (χ0v) is 13.1. The Morgan fingerprint density at radius 1 is 0.950 bits per heavy atom. The van der Waals surface area contributed by atoms with Crippen LogP contribution in [-0.2, 0) is 6.61 Å². The summed E-state index contributed by atoms with van der Waals surface area (Å²) in [6.07, 6.45) is 0. The largest absolute Gasteiger partial charge is 0.496 e. The van der Waals surface area contributed by atoms with E-state index in [9.17, 15) is 0 Å². The van der Waals surface area contributed by atoms with Gasteiger partial charge in [-0.25, -0.2) is 0 Å². The zero-order chi connectivity index (χ0) is 14.4. The summed E-state index contributed by atoms with van der Waals surface area (Å²) in [4.78, 5) is 0. The van der Waals surface area contributed by atoms with Crippen molar-refractivity contribution in [2.75, 3.05) is 13.7 Å². The molecule has 0 heterocycles. The van der Waals surface area contributed by atoms with E-state index in [-0.39, 0.29) is 0 Å². The van der Waals surface area contributed by atoms with Crippen LogP contribution in [0.2, 0.25) is 0 Å². The van der Waals surface area contributed by atoms with Crippen molar-refractivity contribution in [3.63, 3.8) is 0 Å². The van der Waals surface area contributed by atoms with Crippen molar-refractivity contribution in [1.29, 1.82) is 0 Å². The average Bonchev–Trinajstić information content (AvgIpc) is 2.47. The third-order valence-electron chi connectivity index (χ3n) is 2.76. The highest BCUT2D eigenvalue weighted by atomic mass is 79.9. The summed E-state index contributed by atoms with van der Waals surface area (Å²) in [5.41, 5.74) is 1.06. The number of ether oxygens (including phenoxy) is 3. The molecule has 2 rings (SSSR count). The quantitative estimate of drug-likeness (QED) is 0.780. The fourth-order valence-corrected chi connectivity index (χ4v) is 2.39. The SMILES string of the molecule is CCOc1ccccc1OCc1ccc(OC)c(Br)c1. The third kappa shape index (κ3) is 3.67. The maximum absolute atomic E-state index is 5.82. The number of methoxy groups -OCH3 is 1. The van der Waals surface area contributed by atoms with E-state index in [4.69, 9.17) is 14.2 Å². The third-order valence-corrected chi connectivity index (χ3v) is 3.38. The number of halogens is 1. The lowest BCUT2D eigenvalue weighted by Gasteiger charge is -2.12. The van der Waals surface area contributed by atoms with Crippen LogP contribution in [0.5, 0.6) is 17.2 Å². The highest BCUT2D eigenvalue weighted by Crippen LogP contribution is 2.29. The van der Waals surface area contributed by atoms with Gasteiger partial charge in [-0.15, -0.1) is 0 Å². The molecular formula is C16H17BrO3. The maximum Gasteiger partial charge on any atom is 0.161 e. The summed E-state index contributed by atoms with van der Waals surface area (Å²) in [5.74, 6) is 2.33. The number of hydrogen-bond acceptors (Lipinski definition) is 3. The summed E-state index contributed by atoms with van der Waals surface area (Å²) in [6, 6.07) is 13.6. The molecule has 0 aliphatic heterocycles. The van der Waals surface area contributed by atoms with Crippen molar-refractivity contribution in [2.24, 2.45) is 0 Å². The Bertz CT molecular complexity index is 569. The number of hydrogen-bond donors (Lipinski definition) is 0. The highest BCUT2D eigenvalue weighted by Gasteiger charge is 2.05. The van der Waals surface area contributed by atoms with Crippen LogP contribution in [0.15, 0.2) is 46.9 Å². The van der Waals surface area contributed by atoms with Crippen LogP contribution < -0.4 is 14.2 Å². The molecule has 0 amide bonds. The Kier molecular flexibility index (Phi) is 5.30. The molecule has 2 aromatic carbocycles. The average molecular weight is 337 g/mol. The van der Waals surface area contributed by atoms with Gasteiger partial charge in [0.15, 0.2) is 11.5 Å². The van der Waals surface area contributed by atoms with Gasteiger partial charge in [-0.1, -0.05) is 18.2 Å². The normalized spacial score (nSPS) is 10.2. The van der Waals surface area contributed by atoms with Gasteiger partial charge in [0, 0.05) is 0 Å². The van der Waals surface area contributed by atoms with Gasteiger partial charge in [-0.2, -0.15) is 0 Å². The summed E-state index contributed by atoms with van der Waals surface area (Å²) in [6.45, 7) is 3.05. The lowest BCUT2D eigenvalue weighted by atomic mass is 10.2. The first-order chi connectivity index (χ1) is 9.74. The molecule has 0 radical (unpaired) electrons. The lowest BCUT2D eigenvalue weighted by molar-refractivity contribution is 0.269. The molecule has 0 saturated heterocycles. The Labute approximate surface area is 127 Å². The second-order valence-corrected chi connectivity index (χ2v) is 4.99. The van der Waals surface area contributed by atoms with Gasteiger partial charge in [0.2, 0.25) is 0 Å². The molecule has 0 bridgehead atoms. The number of rotatable bonds is 6. The standard InChI is InChI=1S/C16H17BrO3/c1-3-19-15-6-4-5-7-16(15)20-11-12-8-9-14(18-2)13(17)10-12/h4-10H,3,11H2,1-2H3. The second-order valence-electron chi connectivity index (χ2n) is 4.14. The van der Waals surface area contributed by atoms with E-state index in [1.807, 2.05) is 49.4 Å². The monoisotopic (exact) mass is 336 g/mol. The van der Waals surface area contributed by atoms with Crippen molar-refractivity contribution in [1.82, 2.24) is 0 Å². The van der Waals surface area contributed by atoms with Gasteiger partial charge in [0.05, 0.1) is 18.2 Å². The first kappa shape index (κ1) is 14.7. The van der Waals surface area contributed by atoms with E-state index < -0.39 is 0 Å². The minimum atomic E-state index is 0.479. The molecule has 0 fully saturated rings. The van der Waals surface area contributed by atoms with Crippen LogP contribution in [0, 0.1) is 0 Å². The van der Waals surface area contributed by atoms with Crippen molar-refractivity contribution in [3.8, 4) is 17.2 Å². The number of benzene rings is 2. The van der Waals surface area contributed by atoms with Crippen LogP contribution in [0.3, 0.4) is 0 Å². The predicted octanol–water partition coefficient (Wildman–Crippen LogP) is 4.44. The molecular weight excluding hydrogens is 320 g/mol. The van der Waals surface area contributed by atoms with Crippen molar-refractivity contribution >= 4 is 15.9 Å². The van der Waals surface area contributed by atoms with E-state index in [1.54, 1.807) is 7.11 Å². The fraction of sp³-hybridized carbons (Fsp3) is 0.250. The highest BCUT2D eigenvalue weighted by molar-refractivity contribution is 9.10. The zero-order valence-electron chi connectivity index (χ0n) is 11.6. The summed E-state index contributed by atoms with van der Waals surface area (Å²) >= 11 is 3.47. The molecule has 0 aliphatic carbocycles. The lowest BCUT2D eigenvalue weighted by Crippen LogP contribution is -1.99. The summed E-state index contributed by atoms with van der Waals surface area (Å²) in [5, 5.41) is 0. The molecule has 106 valence electrons. The maximum atomic E-state index is 5.82. The molecule has 0 spiro atoms. The predicted molar refractivity (Wildman–Crippen MR) is 82.6 cm³/mol. The van der Waals surface area contributed by atoms with Gasteiger partial charge in [0.25, 0.3) is 0 Å². The Hall–Kier alpha value is -1.68. The van der Waals surface area contributed by atoms with Crippen molar-refractivity contribution < 1.29 is 14.2 Å². The molecule has 0 N–H and O–H groups in total. The second kappa shape index (κ2) is 7.20. The first-order valence-electron chi connectivity index (χ1n) is 6.41. The Balaban J connectivity index is 2.07. The van der Waals surface area contributed by atoms with E-state index in [0.29, 0.717) is 13.2 Å². The minimum Gasteiger partial charge on any atom is -0.496 e. The Morgan fingerprint density at radius 3 is 2.25 bits per heavy atom. The molecule has 0 atom stereocenters. The molecule has 20 heavy (non-hydrogen) atoms. The summed E-state index contributed by atoms with van der Waals surface area (Å²) < 4.78 is 17.5. The molecule has 0 saturated carbocycles. The molecule has 4 heteroatoms. The molecule has 3 nitrogen and oxygen atoms in total. The molecule has 0 aliphatic rings. The van der Waals surface area contributed by atoms with E-state index in [1.165, 1.54) is 0 Å². The van der Waals surface area contributed by atoms with Gasteiger partial charge < -0.3 is 14.2 Å². The van der Waals surface area contributed by atoms with Gasteiger partial charge in [-0.3, -0.25) is 0 Å². The smallest absolute Gasteiger partial charge is 0.161 e. The van der Waals surface area contributed by atoms with Crippen LogP contribution in [0.4, 0.5) is 0 Å². The topological polar surface area (TPSA) is 27.7 Å².